The Kier molecular flexibility index (Phi) is 10.5. The number of fused-ring (bicyclic) bond motifs is 1. The monoisotopic (exact) mass is 720 g/mol. The highest BCUT2D eigenvalue weighted by Crippen LogP contribution is 2.51. The predicted molar refractivity (Wildman–Crippen MR) is 192 cm³/mol. The Balaban J connectivity index is 1.26. The molecule has 1 aliphatic carbocycles. The van der Waals surface area contributed by atoms with Crippen LogP contribution in [0.3, 0.4) is 0 Å². The summed E-state index contributed by atoms with van der Waals surface area (Å²) in [5.41, 5.74) is 5.56. The highest BCUT2D eigenvalue weighted by molar-refractivity contribution is 6.55. The fourth-order valence-corrected chi connectivity index (χ4v) is 7.14. The largest absolute Gasteiger partial charge is 0.481 e. The molecule has 1 fully saturated rings. The van der Waals surface area contributed by atoms with Gasteiger partial charge in [-0.15, -0.1) is 0 Å². The Labute approximate surface area is 299 Å². The minimum absolute atomic E-state index is 0.0758. The smallest absolute Gasteiger partial charge is 0.308 e. The highest BCUT2D eigenvalue weighted by atomic mass is 35.5. The van der Waals surface area contributed by atoms with Crippen molar-refractivity contribution in [2.45, 2.75) is 43.0 Å². The van der Waals surface area contributed by atoms with Crippen molar-refractivity contribution in [3.05, 3.63) is 101 Å². The fourth-order valence-electron chi connectivity index (χ4n) is 6.44. The number of hydrogen-bond acceptors (Lipinski definition) is 9. The number of rotatable bonds is 10. The molecular formula is C37H36Cl2F2N6O3. The number of nitrogens with zero attached hydrogens (tertiary/aromatic N) is 5. The molecule has 1 atom stereocenters. The molecule has 0 radical (unpaired) electrons. The summed E-state index contributed by atoms with van der Waals surface area (Å²) in [6.45, 7) is 7.76. The molecule has 1 aromatic carbocycles. The van der Waals surface area contributed by atoms with E-state index in [-0.39, 0.29) is 23.2 Å². The fraction of sp³-hybridized carbons (Fsp3) is 0.324. The summed E-state index contributed by atoms with van der Waals surface area (Å²) in [5, 5.41) is 3.20. The van der Waals surface area contributed by atoms with E-state index in [4.69, 9.17) is 37.7 Å². The van der Waals surface area contributed by atoms with Gasteiger partial charge in [-0.3, -0.25) is 14.7 Å². The van der Waals surface area contributed by atoms with Crippen LogP contribution in [-0.4, -0.2) is 62.4 Å². The van der Waals surface area contributed by atoms with Crippen LogP contribution in [0, 0.1) is 12.8 Å². The van der Waals surface area contributed by atoms with E-state index in [0.717, 1.165) is 42.6 Å². The quantitative estimate of drug-likeness (QED) is 0.128. The number of esters is 1. The average molecular weight is 722 g/mol. The number of methoxy groups -OCH3 is 2. The standard InChI is InChI=1S/C37H36Cl2F2N6O3/c1-5-22-18-30-31(42-19-22)33(46-34(44-30)32(40)41)43-28-11-6-8-25(21(28)2)26-9-7-10-27(37(26,38)39)29-13-12-24(35(45-29)49-3)20-47-16-14-23(15-17-47)36(48)50-4/h5-13,18-19,23,27,32H,1,14-17,20H2,2-4H3,(H,43,44,46). The molecule has 4 aromatic rings. The van der Waals surface area contributed by atoms with Gasteiger partial charge in [0.1, 0.15) is 5.52 Å². The number of halogens is 4. The summed E-state index contributed by atoms with van der Waals surface area (Å²) >= 11 is 14.5. The Morgan fingerprint density at radius 1 is 1.16 bits per heavy atom. The number of aromatic nitrogens is 4. The van der Waals surface area contributed by atoms with Gasteiger partial charge in [-0.2, -0.15) is 0 Å². The Hall–Kier alpha value is -4.45. The minimum atomic E-state index is -2.88. The number of likely N-dealkylation sites (tertiary alicyclic amines) is 1. The lowest BCUT2D eigenvalue weighted by atomic mass is 9.84. The van der Waals surface area contributed by atoms with E-state index in [1.54, 1.807) is 25.4 Å². The second kappa shape index (κ2) is 14.8. The third kappa shape index (κ3) is 7.08. The van der Waals surface area contributed by atoms with Crippen molar-refractivity contribution in [1.82, 2.24) is 24.8 Å². The Morgan fingerprint density at radius 3 is 2.64 bits per heavy atom. The minimum Gasteiger partial charge on any atom is -0.481 e. The zero-order valence-electron chi connectivity index (χ0n) is 27.8. The Morgan fingerprint density at radius 2 is 1.94 bits per heavy atom. The molecule has 2 aliphatic rings. The molecule has 1 N–H and O–H groups in total. The molecule has 1 saturated heterocycles. The van der Waals surface area contributed by atoms with Gasteiger partial charge in [0.15, 0.2) is 16.0 Å². The molecule has 3 aromatic heterocycles. The summed E-state index contributed by atoms with van der Waals surface area (Å²) in [5.74, 6) is -0.756. The Bertz CT molecular complexity index is 2000. The molecule has 1 aliphatic heterocycles. The second-order valence-corrected chi connectivity index (χ2v) is 13.6. The van der Waals surface area contributed by atoms with Crippen LogP contribution >= 0.6 is 23.2 Å². The van der Waals surface area contributed by atoms with Crippen LogP contribution < -0.4 is 10.1 Å². The summed E-state index contributed by atoms with van der Waals surface area (Å²) in [7, 11) is 3.00. The molecule has 13 heteroatoms. The summed E-state index contributed by atoms with van der Waals surface area (Å²) < 4.78 is 36.8. The first-order chi connectivity index (χ1) is 24.0. The van der Waals surface area contributed by atoms with Gasteiger partial charge in [0, 0.05) is 24.0 Å². The van der Waals surface area contributed by atoms with Crippen LogP contribution in [0.25, 0.3) is 22.7 Å². The van der Waals surface area contributed by atoms with Gasteiger partial charge in [0.2, 0.25) is 5.88 Å². The number of nitrogens with one attached hydrogen (secondary N) is 1. The first-order valence-corrected chi connectivity index (χ1v) is 16.9. The van der Waals surface area contributed by atoms with Crippen molar-refractivity contribution in [3.8, 4) is 5.88 Å². The van der Waals surface area contributed by atoms with Crippen molar-refractivity contribution in [2.75, 3.05) is 32.6 Å². The normalized spacial score (nSPS) is 17.8. The number of ether oxygens (including phenoxy) is 2. The van der Waals surface area contributed by atoms with Crippen LogP contribution in [0.15, 0.2) is 67.4 Å². The van der Waals surface area contributed by atoms with Crippen LogP contribution in [0.4, 0.5) is 20.3 Å². The van der Waals surface area contributed by atoms with E-state index in [9.17, 15) is 13.6 Å². The summed E-state index contributed by atoms with van der Waals surface area (Å²) in [6, 6.07) is 11.1. The third-order valence-electron chi connectivity index (χ3n) is 9.19. The number of benzene rings is 1. The highest BCUT2D eigenvalue weighted by Gasteiger charge is 2.42. The van der Waals surface area contributed by atoms with Crippen molar-refractivity contribution in [1.29, 1.82) is 0 Å². The topological polar surface area (TPSA) is 102 Å². The van der Waals surface area contributed by atoms with Crippen molar-refractivity contribution in [2.24, 2.45) is 5.92 Å². The number of alkyl halides is 4. The summed E-state index contributed by atoms with van der Waals surface area (Å²) in [4.78, 5) is 31.6. The maximum atomic E-state index is 13.8. The number of anilines is 2. The summed E-state index contributed by atoms with van der Waals surface area (Å²) in [6.07, 6.45) is 7.40. The van der Waals surface area contributed by atoms with Gasteiger partial charge in [-0.1, -0.05) is 72.3 Å². The maximum Gasteiger partial charge on any atom is 0.308 e. The molecule has 260 valence electrons. The molecule has 50 heavy (non-hydrogen) atoms. The molecule has 4 heterocycles. The molecule has 0 bridgehead atoms. The van der Waals surface area contributed by atoms with Crippen LogP contribution in [0.5, 0.6) is 5.88 Å². The lowest BCUT2D eigenvalue weighted by Gasteiger charge is -2.34. The third-order valence-corrected chi connectivity index (χ3v) is 10.1. The number of pyridine rings is 2. The number of carbonyl (C=O) groups is 1. The van der Waals surface area contributed by atoms with E-state index in [0.29, 0.717) is 40.5 Å². The number of carbonyl (C=O) groups excluding carboxylic acids is 1. The first-order valence-electron chi connectivity index (χ1n) is 16.1. The molecule has 0 saturated carbocycles. The van der Waals surface area contributed by atoms with Crippen LogP contribution in [0.1, 0.15) is 59.0 Å². The zero-order chi connectivity index (χ0) is 35.6. The molecule has 0 spiro atoms. The van der Waals surface area contributed by atoms with Gasteiger partial charge in [-0.25, -0.2) is 23.7 Å². The molecule has 9 nitrogen and oxygen atoms in total. The van der Waals surface area contributed by atoms with Crippen molar-refractivity contribution < 1.29 is 23.0 Å². The predicted octanol–water partition coefficient (Wildman–Crippen LogP) is 8.36. The number of hydrogen-bond donors (Lipinski definition) is 1. The first kappa shape index (κ1) is 35.4. The van der Waals surface area contributed by atoms with Gasteiger partial charge in [0.25, 0.3) is 6.43 Å². The molecule has 1 unspecified atom stereocenters. The zero-order valence-corrected chi connectivity index (χ0v) is 29.3. The van der Waals surface area contributed by atoms with Crippen LogP contribution in [0.2, 0.25) is 0 Å². The van der Waals surface area contributed by atoms with Gasteiger partial charge in [0.05, 0.1) is 37.3 Å². The van der Waals surface area contributed by atoms with Crippen molar-refractivity contribution >= 4 is 63.4 Å². The van der Waals surface area contributed by atoms with E-state index in [2.05, 4.69) is 31.7 Å². The van der Waals surface area contributed by atoms with E-state index < -0.39 is 22.5 Å². The van der Waals surface area contributed by atoms with Gasteiger partial charge >= 0.3 is 5.97 Å². The molecular weight excluding hydrogens is 685 g/mol. The SMILES string of the molecule is C=Cc1cnc2c(Nc3cccc(C4=CC=CC(c5ccc(CN6CCC(C(=O)OC)CC6)c(OC)n5)C4(Cl)Cl)c3C)nc(C(F)F)nc2c1. The molecule has 0 amide bonds. The maximum absolute atomic E-state index is 13.8. The van der Waals surface area contributed by atoms with E-state index in [1.165, 1.54) is 7.11 Å². The molecule has 6 rings (SSSR count). The van der Waals surface area contributed by atoms with Gasteiger partial charge < -0.3 is 14.8 Å². The number of piperidine rings is 1. The van der Waals surface area contributed by atoms with E-state index >= 15 is 0 Å². The van der Waals surface area contributed by atoms with Crippen molar-refractivity contribution in [3.63, 3.8) is 0 Å². The lowest BCUT2D eigenvalue weighted by molar-refractivity contribution is -0.147. The van der Waals surface area contributed by atoms with Crippen LogP contribution in [-0.2, 0) is 16.1 Å². The van der Waals surface area contributed by atoms with Gasteiger partial charge in [-0.05, 0) is 73.3 Å². The average Bonchev–Trinajstić information content (AvgIpc) is 3.12. The second-order valence-electron chi connectivity index (χ2n) is 12.2. The lowest BCUT2D eigenvalue weighted by Crippen LogP contribution is -2.36. The van der Waals surface area contributed by atoms with E-state index in [1.807, 2.05) is 55.5 Å². The number of allylic oxidation sites excluding steroid dienone is 4.